The van der Waals surface area contributed by atoms with E-state index >= 15 is 0 Å². The van der Waals surface area contributed by atoms with Gasteiger partial charge in [-0.1, -0.05) is 35.9 Å². The zero-order chi connectivity index (χ0) is 20.1. The van der Waals surface area contributed by atoms with E-state index in [0.29, 0.717) is 5.56 Å². The van der Waals surface area contributed by atoms with E-state index in [9.17, 15) is 21.9 Å². The van der Waals surface area contributed by atoms with E-state index in [1.165, 1.54) is 24.3 Å². The normalized spacial score (nSPS) is 13.4. The maximum Gasteiger partial charge on any atom is 0.301 e. The van der Waals surface area contributed by atoms with E-state index in [0.717, 1.165) is 5.56 Å². The van der Waals surface area contributed by atoms with Crippen LogP contribution in [0.1, 0.15) is 11.1 Å². The molecule has 8 nitrogen and oxygen atoms in total. The first-order chi connectivity index (χ1) is 12.6. The first-order valence-electron chi connectivity index (χ1n) is 7.86. The van der Waals surface area contributed by atoms with Gasteiger partial charge < -0.3 is 9.84 Å². The number of ether oxygens (including phenoxy) is 1. The van der Waals surface area contributed by atoms with E-state index in [1.807, 2.05) is 6.92 Å². The molecule has 0 fully saturated rings. The Labute approximate surface area is 158 Å². The van der Waals surface area contributed by atoms with Crippen molar-refractivity contribution >= 4 is 20.2 Å². The average Bonchev–Trinajstić information content (AvgIpc) is 2.59. The lowest BCUT2D eigenvalue weighted by atomic mass is 10.2. The van der Waals surface area contributed by atoms with Gasteiger partial charge in [-0.3, -0.25) is 4.18 Å². The fraction of sp³-hybridized carbons (Fsp3) is 0.294. The molecule has 148 valence electrons. The molecule has 2 rings (SSSR count). The second kappa shape index (κ2) is 8.91. The molecule has 1 N–H and O–H groups in total. The van der Waals surface area contributed by atoms with Crippen molar-refractivity contribution < 1.29 is 35.0 Å². The highest BCUT2D eigenvalue weighted by molar-refractivity contribution is 7.87. The average molecular weight is 416 g/mol. The van der Waals surface area contributed by atoms with E-state index in [4.69, 9.17) is 8.92 Å². The third-order valence-corrected chi connectivity index (χ3v) is 6.21. The van der Waals surface area contributed by atoms with Gasteiger partial charge in [0, 0.05) is 0 Å². The summed E-state index contributed by atoms with van der Waals surface area (Å²) in [6, 6.07) is 12.1. The lowest BCUT2D eigenvalue weighted by Crippen LogP contribution is -2.24. The van der Waals surface area contributed by atoms with Crippen LogP contribution in [-0.4, -0.2) is 41.6 Å². The van der Waals surface area contributed by atoms with Gasteiger partial charge in [0.25, 0.3) is 16.6 Å². The van der Waals surface area contributed by atoms with E-state index in [1.54, 1.807) is 31.2 Å². The van der Waals surface area contributed by atoms with Gasteiger partial charge in [0.1, 0.15) is 0 Å². The number of aryl methyl sites for hydroxylation is 2. The van der Waals surface area contributed by atoms with Gasteiger partial charge in [-0.05, 0) is 37.6 Å². The molecule has 0 aliphatic heterocycles. The molecule has 0 saturated heterocycles. The highest BCUT2D eigenvalue weighted by atomic mass is 32.2. The molecule has 27 heavy (non-hydrogen) atoms. The van der Waals surface area contributed by atoms with Gasteiger partial charge in [-0.15, -0.1) is 0 Å². The summed E-state index contributed by atoms with van der Waals surface area (Å²) in [5, 5.41) is 9.59. The molecular formula is C17H20O8S2. The second-order valence-electron chi connectivity index (χ2n) is 5.58. The molecule has 0 amide bonds. The lowest BCUT2D eigenvalue weighted by molar-refractivity contribution is -0.216. The second-order valence-corrected chi connectivity index (χ2v) is 8.74. The van der Waals surface area contributed by atoms with Crippen LogP contribution in [0.3, 0.4) is 0 Å². The minimum atomic E-state index is -4.24. The minimum Gasteiger partial charge on any atom is -0.345 e. The molecule has 0 bridgehead atoms. The van der Waals surface area contributed by atoms with Gasteiger partial charge in [0.15, 0.2) is 0 Å². The third-order valence-electron chi connectivity index (χ3n) is 3.46. The first-order valence-corrected chi connectivity index (χ1v) is 10.7. The molecule has 2 aromatic rings. The summed E-state index contributed by atoms with van der Waals surface area (Å²) in [6.07, 6.45) is 0. The monoisotopic (exact) mass is 416 g/mol. The quantitative estimate of drug-likeness (QED) is 0.373. The topological polar surface area (TPSA) is 116 Å². The Morgan fingerprint density at radius 2 is 1.52 bits per heavy atom. The van der Waals surface area contributed by atoms with E-state index in [2.05, 4.69) is 4.18 Å². The van der Waals surface area contributed by atoms with Crippen molar-refractivity contribution in [2.45, 2.75) is 30.1 Å². The van der Waals surface area contributed by atoms with Crippen molar-refractivity contribution in [2.75, 3.05) is 13.2 Å². The lowest BCUT2D eigenvalue weighted by Gasteiger charge is -2.14. The van der Waals surface area contributed by atoms with Crippen LogP contribution >= 0.6 is 0 Å². The van der Waals surface area contributed by atoms with Crippen molar-refractivity contribution in [1.29, 1.82) is 0 Å². The van der Waals surface area contributed by atoms with Gasteiger partial charge in [0.2, 0.25) is 0 Å². The van der Waals surface area contributed by atoms with E-state index in [-0.39, 0.29) is 9.79 Å². The fourth-order valence-corrected chi connectivity index (χ4v) is 4.07. The SMILES string of the molecule is Cc1ccc(S(=O)(=O)OCCOC(O)OS(=O)(=O)c2ccccc2C)cc1. The smallest absolute Gasteiger partial charge is 0.301 e. The Kier molecular flexibility index (Phi) is 7.09. The van der Waals surface area contributed by atoms with Crippen LogP contribution in [0.15, 0.2) is 58.3 Å². The maximum absolute atomic E-state index is 12.1. The highest BCUT2D eigenvalue weighted by Gasteiger charge is 2.22. The zero-order valence-corrected chi connectivity index (χ0v) is 16.4. The first kappa shape index (κ1) is 21.5. The van der Waals surface area contributed by atoms with E-state index < -0.39 is 39.9 Å². The number of hydrogen-bond acceptors (Lipinski definition) is 8. The molecule has 1 unspecified atom stereocenters. The molecule has 1 atom stereocenters. The molecule has 10 heteroatoms. The van der Waals surface area contributed by atoms with Crippen LogP contribution in [0.4, 0.5) is 0 Å². The van der Waals surface area contributed by atoms with Crippen molar-refractivity contribution in [3.8, 4) is 0 Å². The predicted octanol–water partition coefficient (Wildman–Crippen LogP) is 1.71. The summed E-state index contributed by atoms with van der Waals surface area (Å²) in [7, 11) is -8.22. The van der Waals surface area contributed by atoms with Crippen LogP contribution in [-0.2, 0) is 33.3 Å². The zero-order valence-electron chi connectivity index (χ0n) is 14.7. The summed E-state index contributed by atoms with van der Waals surface area (Å²) < 4.78 is 62.2. The number of benzene rings is 2. The van der Waals surface area contributed by atoms with Gasteiger partial charge >= 0.3 is 10.1 Å². The van der Waals surface area contributed by atoms with Crippen molar-refractivity contribution in [3.05, 3.63) is 59.7 Å². The maximum atomic E-state index is 12.1. The molecule has 0 aliphatic rings. The summed E-state index contributed by atoms with van der Waals surface area (Å²) >= 11 is 0. The Balaban J connectivity index is 1.85. The Morgan fingerprint density at radius 1 is 0.889 bits per heavy atom. The van der Waals surface area contributed by atoms with Crippen LogP contribution in [0.5, 0.6) is 0 Å². The molecule has 0 heterocycles. The largest absolute Gasteiger partial charge is 0.345 e. The molecule has 0 radical (unpaired) electrons. The molecule has 2 aromatic carbocycles. The van der Waals surface area contributed by atoms with Crippen LogP contribution < -0.4 is 0 Å². The third kappa shape index (κ3) is 6.09. The van der Waals surface area contributed by atoms with Gasteiger partial charge in [-0.2, -0.15) is 16.8 Å². The standard InChI is InChI=1S/C17H20O8S2/c1-13-7-9-15(10-8-13)26(19,20)24-12-11-23-17(18)25-27(21,22)16-6-4-3-5-14(16)2/h3-10,17-18H,11-12H2,1-2H3. The minimum absolute atomic E-state index is 0.0213. The van der Waals surface area contributed by atoms with Crippen molar-refractivity contribution in [2.24, 2.45) is 0 Å². The summed E-state index contributed by atoms with van der Waals surface area (Å²) in [5.74, 6) is 0. The van der Waals surface area contributed by atoms with Crippen LogP contribution in [0, 0.1) is 13.8 Å². The molecule has 0 aliphatic carbocycles. The van der Waals surface area contributed by atoms with Crippen molar-refractivity contribution in [1.82, 2.24) is 0 Å². The Bertz CT molecular complexity index is 966. The summed E-state index contributed by atoms with van der Waals surface area (Å²) in [4.78, 5) is -0.127. The number of hydrogen-bond donors (Lipinski definition) is 1. The summed E-state index contributed by atoms with van der Waals surface area (Å²) in [5.41, 5.74) is 1.34. The number of rotatable bonds is 9. The molecular weight excluding hydrogens is 396 g/mol. The fourth-order valence-electron chi connectivity index (χ4n) is 2.09. The van der Waals surface area contributed by atoms with Crippen molar-refractivity contribution in [3.63, 3.8) is 0 Å². The molecule has 0 spiro atoms. The van der Waals surface area contributed by atoms with Gasteiger partial charge in [0.05, 0.1) is 23.0 Å². The van der Waals surface area contributed by atoms with Crippen LogP contribution in [0.2, 0.25) is 0 Å². The Morgan fingerprint density at radius 3 is 2.15 bits per heavy atom. The molecule has 0 aromatic heterocycles. The number of aliphatic hydroxyl groups excluding tert-OH is 1. The summed E-state index contributed by atoms with van der Waals surface area (Å²) in [6.45, 7) is 0.460. The van der Waals surface area contributed by atoms with Crippen LogP contribution in [0.25, 0.3) is 0 Å². The number of aliphatic hydroxyl groups is 1. The predicted molar refractivity (Wildman–Crippen MR) is 95.7 cm³/mol. The Hall–Kier alpha value is -1.82. The molecule has 0 saturated carbocycles. The van der Waals surface area contributed by atoms with Gasteiger partial charge in [-0.25, -0.2) is 4.18 Å². The highest BCUT2D eigenvalue weighted by Crippen LogP contribution is 2.18.